The Morgan fingerprint density at radius 1 is 1.00 bits per heavy atom. The monoisotopic (exact) mass is 318 g/mol. The van der Waals surface area contributed by atoms with E-state index in [9.17, 15) is 4.79 Å². The number of rotatable bonds is 1. The number of fused-ring (bicyclic) bond motifs is 1. The number of likely N-dealkylation sites (tertiary alicyclic amines) is 1. The van der Waals surface area contributed by atoms with Crippen LogP contribution in [-0.2, 0) is 4.74 Å². The summed E-state index contributed by atoms with van der Waals surface area (Å²) in [6, 6.07) is 6.30. The van der Waals surface area contributed by atoms with Crippen molar-refractivity contribution in [3.05, 3.63) is 23.8 Å². The van der Waals surface area contributed by atoms with Crippen LogP contribution in [0.25, 0.3) is 0 Å². The summed E-state index contributed by atoms with van der Waals surface area (Å²) in [5.74, 6) is 1.59. The molecule has 1 aromatic carbocycles. The Labute approximate surface area is 135 Å². The van der Waals surface area contributed by atoms with E-state index in [-0.39, 0.29) is 12.1 Å². The molecular formula is C17H22N2O4. The minimum absolute atomic E-state index is 0.126. The molecule has 2 fully saturated rings. The van der Waals surface area contributed by atoms with Gasteiger partial charge in [-0.25, -0.2) is 4.79 Å². The van der Waals surface area contributed by atoms with Gasteiger partial charge in [0.05, 0.1) is 19.3 Å². The molecule has 2 amide bonds. The van der Waals surface area contributed by atoms with E-state index in [0.717, 1.165) is 36.4 Å². The van der Waals surface area contributed by atoms with Crippen molar-refractivity contribution in [1.82, 2.24) is 9.80 Å². The van der Waals surface area contributed by atoms with E-state index >= 15 is 0 Å². The molecule has 1 atom stereocenters. The van der Waals surface area contributed by atoms with Crippen LogP contribution in [0.5, 0.6) is 11.5 Å². The summed E-state index contributed by atoms with van der Waals surface area (Å²) >= 11 is 0. The van der Waals surface area contributed by atoms with Gasteiger partial charge in [-0.3, -0.25) is 0 Å². The van der Waals surface area contributed by atoms with Crippen LogP contribution in [0.3, 0.4) is 0 Å². The molecule has 0 aromatic heterocycles. The molecule has 0 N–H and O–H groups in total. The van der Waals surface area contributed by atoms with Crippen LogP contribution in [-0.4, -0.2) is 61.9 Å². The first kappa shape index (κ1) is 14.6. The van der Waals surface area contributed by atoms with Gasteiger partial charge in [0.1, 0.15) is 13.2 Å². The minimum atomic E-state index is 0.126. The molecule has 2 saturated heterocycles. The molecule has 1 aromatic rings. The summed E-state index contributed by atoms with van der Waals surface area (Å²) in [4.78, 5) is 16.7. The number of benzene rings is 1. The average Bonchev–Trinajstić information content (AvgIpc) is 3.11. The lowest BCUT2D eigenvalue weighted by atomic mass is 10.0. The Bertz CT molecular complexity index is 586. The van der Waals surface area contributed by atoms with Gasteiger partial charge < -0.3 is 24.0 Å². The number of hydrogen-bond acceptors (Lipinski definition) is 4. The van der Waals surface area contributed by atoms with E-state index < -0.39 is 0 Å². The Balaban J connectivity index is 1.54. The van der Waals surface area contributed by atoms with Crippen molar-refractivity contribution in [2.45, 2.75) is 18.9 Å². The highest BCUT2D eigenvalue weighted by molar-refractivity contribution is 5.75. The van der Waals surface area contributed by atoms with E-state index in [2.05, 4.69) is 6.07 Å². The van der Waals surface area contributed by atoms with Gasteiger partial charge in [-0.2, -0.15) is 0 Å². The van der Waals surface area contributed by atoms with Crippen molar-refractivity contribution in [2.24, 2.45) is 0 Å². The molecule has 0 bridgehead atoms. The van der Waals surface area contributed by atoms with Gasteiger partial charge in [-0.05, 0) is 30.5 Å². The van der Waals surface area contributed by atoms with Gasteiger partial charge in [-0.15, -0.1) is 0 Å². The highest BCUT2D eigenvalue weighted by Gasteiger charge is 2.33. The summed E-state index contributed by atoms with van der Waals surface area (Å²) in [7, 11) is 0. The quantitative estimate of drug-likeness (QED) is 0.795. The molecule has 0 saturated carbocycles. The second-order valence-corrected chi connectivity index (χ2v) is 6.14. The smallest absolute Gasteiger partial charge is 0.320 e. The van der Waals surface area contributed by atoms with Crippen LogP contribution in [0.1, 0.15) is 24.4 Å². The summed E-state index contributed by atoms with van der Waals surface area (Å²) in [6.07, 6.45) is 2.03. The number of hydrogen-bond donors (Lipinski definition) is 0. The third kappa shape index (κ3) is 2.83. The number of nitrogens with zero attached hydrogens (tertiary/aromatic N) is 2. The zero-order chi connectivity index (χ0) is 15.6. The first-order valence-corrected chi connectivity index (χ1v) is 8.36. The Morgan fingerprint density at radius 3 is 2.61 bits per heavy atom. The minimum Gasteiger partial charge on any atom is -0.486 e. The van der Waals surface area contributed by atoms with Gasteiger partial charge in [0.25, 0.3) is 0 Å². The maximum absolute atomic E-state index is 12.8. The fourth-order valence-electron chi connectivity index (χ4n) is 3.55. The molecule has 23 heavy (non-hydrogen) atoms. The summed E-state index contributed by atoms with van der Waals surface area (Å²) in [5, 5.41) is 0. The van der Waals surface area contributed by atoms with E-state index in [0.29, 0.717) is 39.5 Å². The predicted octanol–water partition coefficient (Wildman–Crippen LogP) is 2.05. The maximum atomic E-state index is 12.8. The van der Waals surface area contributed by atoms with Gasteiger partial charge in [-0.1, -0.05) is 6.07 Å². The molecule has 0 aliphatic carbocycles. The van der Waals surface area contributed by atoms with Gasteiger partial charge in [0, 0.05) is 19.6 Å². The summed E-state index contributed by atoms with van der Waals surface area (Å²) < 4.78 is 16.6. The lowest BCUT2D eigenvalue weighted by Gasteiger charge is -2.34. The van der Waals surface area contributed by atoms with E-state index in [1.807, 2.05) is 21.9 Å². The summed E-state index contributed by atoms with van der Waals surface area (Å²) in [6.45, 7) is 4.62. The largest absolute Gasteiger partial charge is 0.486 e. The highest BCUT2D eigenvalue weighted by atomic mass is 16.6. The lowest BCUT2D eigenvalue weighted by molar-refractivity contribution is 0.0421. The number of morpholine rings is 1. The molecule has 1 unspecified atom stereocenters. The first-order valence-electron chi connectivity index (χ1n) is 8.36. The molecule has 4 rings (SSSR count). The Morgan fingerprint density at radius 2 is 1.78 bits per heavy atom. The van der Waals surface area contributed by atoms with Crippen molar-refractivity contribution in [1.29, 1.82) is 0 Å². The number of carbonyl (C=O) groups excluding carboxylic acids is 1. The molecule has 6 nitrogen and oxygen atoms in total. The SMILES string of the molecule is O=C(N1CCOCC1)N1CCCC1c1ccc2c(c1)OCCO2. The second kappa shape index (κ2) is 6.28. The standard InChI is InChI=1S/C17H22N2O4/c20-17(18-6-8-21-9-7-18)19-5-1-2-14(19)13-3-4-15-16(12-13)23-11-10-22-15/h3-4,12,14H,1-2,5-11H2. The average molecular weight is 318 g/mol. The number of urea groups is 1. The normalized spacial score (nSPS) is 23.9. The number of carbonyl (C=O) groups is 1. The Hall–Kier alpha value is -1.95. The van der Waals surface area contributed by atoms with Crippen molar-refractivity contribution in [2.75, 3.05) is 46.1 Å². The van der Waals surface area contributed by atoms with Gasteiger partial charge >= 0.3 is 6.03 Å². The van der Waals surface area contributed by atoms with Crippen molar-refractivity contribution < 1.29 is 19.0 Å². The van der Waals surface area contributed by atoms with E-state index in [1.165, 1.54) is 0 Å². The molecule has 0 radical (unpaired) electrons. The van der Waals surface area contributed by atoms with Crippen molar-refractivity contribution >= 4 is 6.03 Å². The topological polar surface area (TPSA) is 51.2 Å². The van der Waals surface area contributed by atoms with Crippen molar-refractivity contribution in [3.8, 4) is 11.5 Å². The molecule has 124 valence electrons. The predicted molar refractivity (Wildman–Crippen MR) is 83.9 cm³/mol. The van der Waals surface area contributed by atoms with E-state index in [4.69, 9.17) is 14.2 Å². The molecule has 3 aliphatic heterocycles. The van der Waals surface area contributed by atoms with Gasteiger partial charge in [0.2, 0.25) is 0 Å². The van der Waals surface area contributed by atoms with Crippen LogP contribution in [0.4, 0.5) is 4.79 Å². The second-order valence-electron chi connectivity index (χ2n) is 6.14. The van der Waals surface area contributed by atoms with Crippen LogP contribution < -0.4 is 9.47 Å². The highest BCUT2D eigenvalue weighted by Crippen LogP contribution is 2.38. The van der Waals surface area contributed by atoms with Crippen LogP contribution in [0.2, 0.25) is 0 Å². The zero-order valence-electron chi connectivity index (χ0n) is 13.2. The maximum Gasteiger partial charge on any atom is 0.320 e. The van der Waals surface area contributed by atoms with Crippen molar-refractivity contribution in [3.63, 3.8) is 0 Å². The molecular weight excluding hydrogens is 296 g/mol. The molecule has 6 heteroatoms. The number of ether oxygens (including phenoxy) is 3. The zero-order valence-corrected chi connectivity index (χ0v) is 13.2. The fraction of sp³-hybridized carbons (Fsp3) is 0.588. The molecule has 0 spiro atoms. The van der Waals surface area contributed by atoms with Crippen LogP contribution >= 0.6 is 0 Å². The lowest BCUT2D eigenvalue weighted by Crippen LogP contribution is -2.47. The Kier molecular flexibility index (Phi) is 3.99. The third-order valence-corrected chi connectivity index (χ3v) is 4.73. The van der Waals surface area contributed by atoms with Crippen LogP contribution in [0, 0.1) is 0 Å². The third-order valence-electron chi connectivity index (χ3n) is 4.73. The first-order chi connectivity index (χ1) is 11.3. The van der Waals surface area contributed by atoms with E-state index in [1.54, 1.807) is 0 Å². The molecule has 3 heterocycles. The summed E-state index contributed by atoms with van der Waals surface area (Å²) in [5.41, 5.74) is 1.13. The van der Waals surface area contributed by atoms with Gasteiger partial charge in [0.15, 0.2) is 11.5 Å². The fourth-order valence-corrected chi connectivity index (χ4v) is 3.55. The number of amides is 2. The van der Waals surface area contributed by atoms with Crippen LogP contribution in [0.15, 0.2) is 18.2 Å². The molecule has 3 aliphatic rings.